The highest BCUT2D eigenvalue weighted by Crippen LogP contribution is 2.13. The van der Waals surface area contributed by atoms with Gasteiger partial charge in [0.05, 0.1) is 11.8 Å². The molecule has 4 heteroatoms. The number of isothiocyanates is 1. The molecule has 1 aromatic carbocycles. The Balaban J connectivity index is 2.40. The van der Waals surface area contributed by atoms with Crippen LogP contribution in [0, 0.1) is 0 Å². The molecule has 96 valence electrons. The number of rotatable bonds is 7. The number of benzene rings is 1. The zero-order chi connectivity index (χ0) is 13.2. The minimum atomic E-state index is -0.375. The van der Waals surface area contributed by atoms with Gasteiger partial charge in [-0.25, -0.2) is 0 Å². The predicted octanol–water partition coefficient (Wildman–Crippen LogP) is 3.89. The molecule has 0 atom stereocenters. The Labute approximate surface area is 113 Å². The molecule has 0 aromatic heterocycles. The first-order valence-corrected chi connectivity index (χ1v) is 6.53. The highest BCUT2D eigenvalue weighted by atomic mass is 32.1. The molecule has 0 spiro atoms. The van der Waals surface area contributed by atoms with E-state index in [-0.39, 0.29) is 5.91 Å². The van der Waals surface area contributed by atoms with Crippen LogP contribution in [-0.4, -0.2) is 17.7 Å². The molecule has 18 heavy (non-hydrogen) atoms. The van der Waals surface area contributed by atoms with Crippen molar-refractivity contribution in [1.29, 1.82) is 0 Å². The zero-order valence-corrected chi connectivity index (χ0v) is 11.3. The third-order valence-electron chi connectivity index (χ3n) is 2.52. The summed E-state index contributed by atoms with van der Waals surface area (Å²) in [6.45, 7) is 2.89. The van der Waals surface area contributed by atoms with Gasteiger partial charge in [-0.15, -0.1) is 0 Å². The average molecular weight is 263 g/mol. The smallest absolute Gasteiger partial charge is 0.285 e. The molecule has 0 aliphatic rings. The number of unbranched alkanes of at least 4 members (excludes halogenated alkanes) is 3. The summed E-state index contributed by atoms with van der Waals surface area (Å²) in [4.78, 5) is 14.8. The van der Waals surface area contributed by atoms with E-state index in [0.717, 1.165) is 12.2 Å². The molecule has 1 rings (SSSR count). The maximum absolute atomic E-state index is 11.4. The number of aliphatic imine (C=N–C) groups is 1. The van der Waals surface area contributed by atoms with E-state index in [1.165, 1.54) is 19.3 Å². The summed E-state index contributed by atoms with van der Waals surface area (Å²) in [6, 6.07) is 6.90. The van der Waals surface area contributed by atoms with Gasteiger partial charge in [-0.1, -0.05) is 26.2 Å². The van der Waals surface area contributed by atoms with Crippen molar-refractivity contribution in [3.63, 3.8) is 0 Å². The molecule has 0 fully saturated rings. The second-order valence-corrected chi connectivity index (χ2v) is 4.12. The van der Waals surface area contributed by atoms with Gasteiger partial charge in [0.1, 0.15) is 5.75 Å². The molecule has 1 amide bonds. The molecule has 0 unspecified atom stereocenters. The molecular weight excluding hydrogens is 246 g/mol. The summed E-state index contributed by atoms with van der Waals surface area (Å²) in [5.74, 6) is 0.397. The Bertz CT molecular complexity index is 422. The van der Waals surface area contributed by atoms with Crippen molar-refractivity contribution in [2.75, 3.05) is 6.61 Å². The van der Waals surface area contributed by atoms with Crippen LogP contribution in [0.25, 0.3) is 0 Å². The zero-order valence-electron chi connectivity index (χ0n) is 10.5. The van der Waals surface area contributed by atoms with E-state index in [1.54, 1.807) is 24.3 Å². The van der Waals surface area contributed by atoms with Gasteiger partial charge in [-0.3, -0.25) is 4.79 Å². The average Bonchev–Trinajstić information content (AvgIpc) is 2.39. The summed E-state index contributed by atoms with van der Waals surface area (Å²) in [5, 5.41) is 2.06. The van der Waals surface area contributed by atoms with Crippen LogP contribution in [-0.2, 0) is 0 Å². The Morgan fingerprint density at radius 1 is 1.28 bits per heavy atom. The topological polar surface area (TPSA) is 38.7 Å². The van der Waals surface area contributed by atoms with Crippen LogP contribution in [0.1, 0.15) is 43.0 Å². The summed E-state index contributed by atoms with van der Waals surface area (Å²) in [5.41, 5.74) is 0.491. The van der Waals surface area contributed by atoms with Crippen molar-refractivity contribution in [2.45, 2.75) is 32.6 Å². The summed E-state index contributed by atoms with van der Waals surface area (Å²) in [7, 11) is 0. The minimum Gasteiger partial charge on any atom is -0.494 e. The lowest BCUT2D eigenvalue weighted by Crippen LogP contribution is -1.98. The number of ether oxygens (including phenoxy) is 1. The monoisotopic (exact) mass is 263 g/mol. The lowest BCUT2D eigenvalue weighted by Gasteiger charge is -2.05. The van der Waals surface area contributed by atoms with Gasteiger partial charge in [0, 0.05) is 5.56 Å². The molecule has 0 heterocycles. The number of thiocarbonyl (C=S) groups is 1. The first-order valence-electron chi connectivity index (χ1n) is 6.13. The number of amides is 1. The molecule has 1 aromatic rings. The number of carbonyl (C=O) groups excluding carboxylic acids is 1. The minimum absolute atomic E-state index is 0.375. The SMILES string of the molecule is CCCCCCOc1ccc(C(=O)N=C=S)cc1. The van der Waals surface area contributed by atoms with Gasteiger partial charge in [0.15, 0.2) is 0 Å². The van der Waals surface area contributed by atoms with Crippen LogP contribution in [0.4, 0.5) is 0 Å². The molecular formula is C14H17NO2S. The van der Waals surface area contributed by atoms with E-state index in [0.29, 0.717) is 12.2 Å². The fourth-order valence-corrected chi connectivity index (χ4v) is 1.60. The quantitative estimate of drug-likeness (QED) is 0.425. The fourth-order valence-electron chi connectivity index (χ4n) is 1.52. The van der Waals surface area contributed by atoms with E-state index >= 15 is 0 Å². The second-order valence-electron chi connectivity index (χ2n) is 3.94. The standard InChI is InChI=1S/C14H17NO2S/c1-2-3-4-5-10-17-13-8-6-12(7-9-13)14(16)15-11-18/h6-9H,2-5,10H2,1H3. The summed E-state index contributed by atoms with van der Waals surface area (Å²) < 4.78 is 5.57. The van der Waals surface area contributed by atoms with Crippen molar-refractivity contribution in [2.24, 2.45) is 4.99 Å². The van der Waals surface area contributed by atoms with Crippen molar-refractivity contribution in [3.05, 3.63) is 29.8 Å². The van der Waals surface area contributed by atoms with Crippen LogP contribution in [0.2, 0.25) is 0 Å². The maximum Gasteiger partial charge on any atom is 0.285 e. The highest BCUT2D eigenvalue weighted by Gasteiger charge is 2.03. The van der Waals surface area contributed by atoms with E-state index in [4.69, 9.17) is 4.74 Å². The van der Waals surface area contributed by atoms with Crippen LogP contribution < -0.4 is 4.74 Å². The van der Waals surface area contributed by atoms with E-state index in [9.17, 15) is 4.79 Å². The van der Waals surface area contributed by atoms with E-state index < -0.39 is 0 Å². The molecule has 0 saturated heterocycles. The molecule has 0 bridgehead atoms. The highest BCUT2D eigenvalue weighted by molar-refractivity contribution is 7.78. The van der Waals surface area contributed by atoms with Crippen LogP contribution in [0.15, 0.2) is 29.3 Å². The predicted molar refractivity (Wildman–Crippen MR) is 75.4 cm³/mol. The molecule has 3 nitrogen and oxygen atoms in total. The lowest BCUT2D eigenvalue weighted by atomic mass is 10.2. The fraction of sp³-hybridized carbons (Fsp3) is 0.429. The van der Waals surface area contributed by atoms with Gasteiger partial charge in [0.25, 0.3) is 5.91 Å². The normalized spacial score (nSPS) is 9.61. The number of hydrogen-bond donors (Lipinski definition) is 0. The van der Waals surface area contributed by atoms with Crippen LogP contribution >= 0.6 is 12.2 Å². The van der Waals surface area contributed by atoms with Crippen molar-refractivity contribution in [1.82, 2.24) is 0 Å². The van der Waals surface area contributed by atoms with E-state index in [1.807, 2.05) is 0 Å². The van der Waals surface area contributed by atoms with Gasteiger partial charge in [-0.2, -0.15) is 4.99 Å². The maximum atomic E-state index is 11.4. The number of hydrogen-bond acceptors (Lipinski definition) is 3. The summed E-state index contributed by atoms with van der Waals surface area (Å²) in [6.07, 6.45) is 4.71. The van der Waals surface area contributed by atoms with Gasteiger partial charge in [0.2, 0.25) is 0 Å². The Hall–Kier alpha value is -1.51. The van der Waals surface area contributed by atoms with Crippen LogP contribution in [0.3, 0.4) is 0 Å². The number of carbonyl (C=O) groups is 1. The van der Waals surface area contributed by atoms with Crippen molar-refractivity contribution < 1.29 is 9.53 Å². The van der Waals surface area contributed by atoms with Crippen LogP contribution in [0.5, 0.6) is 5.75 Å². The second kappa shape index (κ2) is 8.56. The van der Waals surface area contributed by atoms with Gasteiger partial charge < -0.3 is 4.74 Å². The molecule has 0 aliphatic carbocycles. The Morgan fingerprint density at radius 2 is 2.00 bits per heavy atom. The molecule has 0 aliphatic heterocycles. The lowest BCUT2D eigenvalue weighted by molar-refractivity contribution is 0.100. The molecule has 0 N–H and O–H groups in total. The van der Waals surface area contributed by atoms with Gasteiger partial charge in [-0.05, 0) is 42.9 Å². The number of nitrogens with zero attached hydrogens (tertiary/aromatic N) is 1. The largest absolute Gasteiger partial charge is 0.494 e. The molecule has 0 radical (unpaired) electrons. The van der Waals surface area contributed by atoms with Crippen molar-refractivity contribution in [3.8, 4) is 5.75 Å². The van der Waals surface area contributed by atoms with Crippen molar-refractivity contribution >= 4 is 23.3 Å². The first-order chi connectivity index (χ1) is 8.77. The molecule has 0 saturated carbocycles. The van der Waals surface area contributed by atoms with Gasteiger partial charge >= 0.3 is 0 Å². The third kappa shape index (κ3) is 5.21. The van der Waals surface area contributed by atoms with E-state index in [2.05, 4.69) is 29.3 Å². The Kier molecular flexibility index (Phi) is 6.92. The Morgan fingerprint density at radius 3 is 2.61 bits per heavy atom. The first kappa shape index (κ1) is 14.6. The third-order valence-corrected chi connectivity index (χ3v) is 2.61. The summed E-state index contributed by atoms with van der Waals surface area (Å²) >= 11 is 4.38.